The van der Waals surface area contributed by atoms with Crippen LogP contribution in [0.15, 0.2) is 12.3 Å². The summed E-state index contributed by atoms with van der Waals surface area (Å²) in [6, 6.07) is 2.19. The summed E-state index contributed by atoms with van der Waals surface area (Å²) < 4.78 is 1.81. The number of hydrogen-bond acceptors (Lipinski definition) is 5. The van der Waals surface area contributed by atoms with Gasteiger partial charge in [0.25, 0.3) is 0 Å². The monoisotopic (exact) mass is 405 g/mol. The van der Waals surface area contributed by atoms with E-state index in [1.54, 1.807) is 6.92 Å². The molecule has 0 radical (unpaired) electrons. The van der Waals surface area contributed by atoms with Crippen molar-refractivity contribution in [3.05, 3.63) is 18.0 Å². The summed E-state index contributed by atoms with van der Waals surface area (Å²) in [6.07, 6.45) is 6.35. The van der Waals surface area contributed by atoms with Gasteiger partial charge >= 0.3 is 0 Å². The van der Waals surface area contributed by atoms with Crippen molar-refractivity contribution in [2.75, 3.05) is 32.7 Å². The van der Waals surface area contributed by atoms with Crippen LogP contribution in [0.5, 0.6) is 0 Å². The molecule has 1 aromatic heterocycles. The van der Waals surface area contributed by atoms with Crippen LogP contribution in [0.1, 0.15) is 51.1 Å². The second kappa shape index (κ2) is 9.71. The van der Waals surface area contributed by atoms with Crippen molar-refractivity contribution < 1.29 is 14.7 Å². The first kappa shape index (κ1) is 21.8. The van der Waals surface area contributed by atoms with Crippen LogP contribution < -0.4 is 5.32 Å². The van der Waals surface area contributed by atoms with Crippen LogP contribution in [0.2, 0.25) is 0 Å². The molecule has 0 spiro atoms. The Balaban J connectivity index is 1.43. The average Bonchev–Trinajstić information content (AvgIpc) is 2.99. The first-order valence-corrected chi connectivity index (χ1v) is 10.8. The van der Waals surface area contributed by atoms with E-state index in [4.69, 9.17) is 0 Å². The van der Waals surface area contributed by atoms with Crippen LogP contribution in [-0.2, 0) is 16.1 Å². The van der Waals surface area contributed by atoms with Gasteiger partial charge in [0, 0.05) is 64.9 Å². The van der Waals surface area contributed by atoms with E-state index in [-0.39, 0.29) is 17.9 Å². The molecule has 0 aromatic carbocycles. The topological polar surface area (TPSA) is 90.7 Å². The third kappa shape index (κ3) is 6.54. The molecule has 3 heterocycles. The number of hydrogen-bond donors (Lipinski definition) is 2. The van der Waals surface area contributed by atoms with Gasteiger partial charge in [-0.3, -0.25) is 14.3 Å². The van der Waals surface area contributed by atoms with Gasteiger partial charge in [0.2, 0.25) is 11.8 Å². The molecule has 2 amide bonds. The summed E-state index contributed by atoms with van der Waals surface area (Å²) in [5.41, 5.74) is 0.216. The third-order valence-corrected chi connectivity index (χ3v) is 6.11. The van der Waals surface area contributed by atoms with Crippen LogP contribution in [0.25, 0.3) is 0 Å². The molecule has 0 bridgehead atoms. The average molecular weight is 406 g/mol. The summed E-state index contributed by atoms with van der Waals surface area (Å²) >= 11 is 0. The van der Waals surface area contributed by atoms with E-state index < -0.39 is 5.60 Å². The quantitative estimate of drug-likeness (QED) is 0.735. The fraction of sp³-hybridized carbons (Fsp3) is 0.762. The highest BCUT2D eigenvalue weighted by atomic mass is 16.3. The molecular weight excluding hydrogens is 370 g/mol. The largest absolute Gasteiger partial charge is 0.388 e. The Labute approximate surface area is 173 Å². The number of aromatic nitrogens is 2. The van der Waals surface area contributed by atoms with Gasteiger partial charge in [-0.15, -0.1) is 0 Å². The lowest BCUT2D eigenvalue weighted by Gasteiger charge is -2.38. The van der Waals surface area contributed by atoms with Crippen LogP contribution in [0, 0.1) is 6.92 Å². The normalized spacial score (nSPS) is 24.3. The highest BCUT2D eigenvalue weighted by Crippen LogP contribution is 2.25. The lowest BCUT2D eigenvalue weighted by Crippen LogP contribution is -2.50. The Bertz CT molecular complexity index is 698. The van der Waals surface area contributed by atoms with E-state index in [2.05, 4.69) is 15.3 Å². The van der Waals surface area contributed by atoms with Gasteiger partial charge < -0.3 is 20.2 Å². The zero-order valence-corrected chi connectivity index (χ0v) is 17.8. The lowest BCUT2D eigenvalue weighted by molar-refractivity contribution is -0.131. The number of carbonyl (C=O) groups is 2. The maximum atomic E-state index is 12.6. The second-order valence-electron chi connectivity index (χ2n) is 8.68. The molecule has 29 heavy (non-hydrogen) atoms. The number of aryl methyl sites for hydroxylation is 2. The molecule has 1 unspecified atom stereocenters. The number of rotatable bonds is 6. The summed E-state index contributed by atoms with van der Waals surface area (Å²) in [6.45, 7) is 7.84. The van der Waals surface area contributed by atoms with Gasteiger partial charge in [-0.25, -0.2) is 0 Å². The minimum absolute atomic E-state index is 0.0262. The Morgan fingerprint density at radius 3 is 2.66 bits per heavy atom. The molecule has 162 valence electrons. The molecule has 0 aliphatic carbocycles. The first-order chi connectivity index (χ1) is 13.8. The molecule has 2 saturated heterocycles. The van der Waals surface area contributed by atoms with Gasteiger partial charge in [0.15, 0.2) is 0 Å². The van der Waals surface area contributed by atoms with Crippen LogP contribution in [0.4, 0.5) is 0 Å². The second-order valence-corrected chi connectivity index (χ2v) is 8.68. The minimum atomic E-state index is -0.741. The van der Waals surface area contributed by atoms with Crippen LogP contribution in [-0.4, -0.2) is 80.9 Å². The number of aliphatic hydroxyl groups is 1. The van der Waals surface area contributed by atoms with Gasteiger partial charge in [-0.2, -0.15) is 5.10 Å². The Morgan fingerprint density at radius 1 is 1.24 bits per heavy atom. The van der Waals surface area contributed by atoms with E-state index >= 15 is 0 Å². The zero-order chi connectivity index (χ0) is 20.9. The lowest BCUT2D eigenvalue weighted by atomic mass is 9.93. The molecule has 3 rings (SSSR count). The molecule has 2 aliphatic heterocycles. The first-order valence-electron chi connectivity index (χ1n) is 10.8. The van der Waals surface area contributed by atoms with Crippen molar-refractivity contribution in [1.82, 2.24) is 24.9 Å². The SMILES string of the molecule is CC(=O)NC1CCN(CC2(O)CCCN(C(=O)CCn3ccc(C)n3)CC2)CC1. The van der Waals surface area contributed by atoms with E-state index in [1.807, 2.05) is 28.8 Å². The minimum Gasteiger partial charge on any atom is -0.388 e. The Hall–Kier alpha value is -1.93. The van der Waals surface area contributed by atoms with Crippen molar-refractivity contribution in [2.45, 2.75) is 70.6 Å². The number of β-amino-alcohol motifs (C(OH)–C–C–N with tert-alkyl or cyclic N) is 1. The van der Waals surface area contributed by atoms with E-state index in [0.29, 0.717) is 39.0 Å². The molecule has 1 atom stereocenters. The maximum absolute atomic E-state index is 12.6. The summed E-state index contributed by atoms with van der Waals surface area (Å²) in [7, 11) is 0. The molecule has 2 N–H and O–H groups in total. The van der Waals surface area contributed by atoms with Gasteiger partial charge in [0.05, 0.1) is 11.3 Å². The van der Waals surface area contributed by atoms with Crippen molar-refractivity contribution in [3.63, 3.8) is 0 Å². The molecule has 2 fully saturated rings. The van der Waals surface area contributed by atoms with Gasteiger partial charge in [-0.05, 0) is 45.1 Å². The molecule has 2 aliphatic rings. The fourth-order valence-electron chi connectivity index (χ4n) is 4.48. The highest BCUT2D eigenvalue weighted by Gasteiger charge is 2.34. The summed E-state index contributed by atoms with van der Waals surface area (Å²) in [5.74, 6) is 0.164. The van der Waals surface area contributed by atoms with Crippen molar-refractivity contribution in [2.24, 2.45) is 0 Å². The zero-order valence-electron chi connectivity index (χ0n) is 17.8. The van der Waals surface area contributed by atoms with E-state index in [0.717, 1.165) is 44.5 Å². The third-order valence-electron chi connectivity index (χ3n) is 6.11. The standard InChI is InChI=1S/C21H35N5O3/c1-17-4-13-26(23-17)14-7-20(28)25-10-3-8-21(29,9-15-25)16-24-11-5-19(6-12-24)22-18(2)27/h4,13,19,29H,3,5-12,14-16H2,1-2H3,(H,22,27). The fourth-order valence-corrected chi connectivity index (χ4v) is 4.48. The van der Waals surface area contributed by atoms with Crippen LogP contribution in [0.3, 0.4) is 0 Å². The Morgan fingerprint density at radius 2 is 2.00 bits per heavy atom. The smallest absolute Gasteiger partial charge is 0.224 e. The number of likely N-dealkylation sites (tertiary alicyclic amines) is 2. The molecule has 8 nitrogen and oxygen atoms in total. The molecular formula is C21H35N5O3. The Kier molecular flexibility index (Phi) is 7.29. The number of carbonyl (C=O) groups excluding carboxylic acids is 2. The maximum Gasteiger partial charge on any atom is 0.224 e. The predicted molar refractivity (Wildman–Crippen MR) is 110 cm³/mol. The van der Waals surface area contributed by atoms with E-state index in [9.17, 15) is 14.7 Å². The van der Waals surface area contributed by atoms with Gasteiger partial charge in [0.1, 0.15) is 0 Å². The van der Waals surface area contributed by atoms with Gasteiger partial charge in [-0.1, -0.05) is 0 Å². The van der Waals surface area contributed by atoms with E-state index in [1.165, 1.54) is 0 Å². The molecule has 0 saturated carbocycles. The van der Waals surface area contributed by atoms with Crippen molar-refractivity contribution in [3.8, 4) is 0 Å². The van der Waals surface area contributed by atoms with Crippen molar-refractivity contribution in [1.29, 1.82) is 0 Å². The number of nitrogens with one attached hydrogen (secondary N) is 1. The molecule has 1 aromatic rings. The highest BCUT2D eigenvalue weighted by molar-refractivity contribution is 5.76. The number of piperidine rings is 1. The predicted octanol–water partition coefficient (Wildman–Crippen LogP) is 0.926. The number of amides is 2. The van der Waals surface area contributed by atoms with Crippen LogP contribution >= 0.6 is 0 Å². The number of nitrogens with zero attached hydrogens (tertiary/aromatic N) is 4. The summed E-state index contributed by atoms with van der Waals surface area (Å²) in [4.78, 5) is 28.0. The van der Waals surface area contributed by atoms with Crippen molar-refractivity contribution >= 4 is 11.8 Å². The molecule has 8 heteroatoms. The summed E-state index contributed by atoms with van der Waals surface area (Å²) in [5, 5.41) is 18.5.